The fourth-order valence-corrected chi connectivity index (χ4v) is 2.20. The molecule has 3 N–H and O–H groups in total. The minimum Gasteiger partial charge on any atom is -0.361 e. The Morgan fingerprint density at radius 1 is 1.33 bits per heavy atom. The number of aromatic amines is 1. The predicted molar refractivity (Wildman–Crippen MR) is 59.8 cm³/mol. The molecule has 0 aliphatic rings. The van der Waals surface area contributed by atoms with Gasteiger partial charge in [-0.2, -0.15) is 0 Å². The van der Waals surface area contributed by atoms with E-state index < -0.39 is 15.3 Å². The minimum absolute atomic E-state index is 0.683. The highest BCUT2D eigenvalue weighted by Crippen LogP contribution is 2.27. The number of H-pyrrole nitrogens is 1. The van der Waals surface area contributed by atoms with Crippen LogP contribution in [0.1, 0.15) is 17.7 Å². The van der Waals surface area contributed by atoms with Crippen molar-refractivity contribution in [3.05, 3.63) is 36.0 Å². The second kappa shape index (κ2) is 3.36. The summed E-state index contributed by atoms with van der Waals surface area (Å²) >= 11 is 0. The fourth-order valence-electron chi connectivity index (χ4n) is 1.64. The standard InChI is InChI=1S/C10H12N2O2S/c1-7(15(11,13)14)8-3-2-4-10-9(8)5-6-12-10/h2-7,12H,1H3,(H2,11,13,14). The smallest absolute Gasteiger partial charge is 0.215 e. The number of hydrogen-bond acceptors (Lipinski definition) is 2. The summed E-state index contributed by atoms with van der Waals surface area (Å²) in [6, 6.07) is 7.35. The largest absolute Gasteiger partial charge is 0.361 e. The normalized spacial score (nSPS) is 14.3. The van der Waals surface area contributed by atoms with Gasteiger partial charge in [0.2, 0.25) is 10.0 Å². The maximum absolute atomic E-state index is 11.3. The van der Waals surface area contributed by atoms with Gasteiger partial charge in [-0.25, -0.2) is 13.6 Å². The van der Waals surface area contributed by atoms with Gasteiger partial charge in [0.15, 0.2) is 0 Å². The molecule has 0 aliphatic carbocycles. The zero-order valence-corrected chi connectivity index (χ0v) is 9.08. The lowest BCUT2D eigenvalue weighted by molar-refractivity contribution is 0.588. The summed E-state index contributed by atoms with van der Waals surface area (Å²) in [7, 11) is -3.54. The van der Waals surface area contributed by atoms with Gasteiger partial charge in [-0.3, -0.25) is 0 Å². The van der Waals surface area contributed by atoms with E-state index in [4.69, 9.17) is 5.14 Å². The molecule has 5 heteroatoms. The first-order valence-electron chi connectivity index (χ1n) is 4.58. The molecule has 2 aromatic rings. The van der Waals surface area contributed by atoms with Gasteiger partial charge in [0.1, 0.15) is 0 Å². The van der Waals surface area contributed by atoms with Crippen LogP contribution in [0.25, 0.3) is 10.9 Å². The number of aromatic nitrogens is 1. The van der Waals surface area contributed by atoms with Crippen molar-refractivity contribution in [1.29, 1.82) is 0 Å². The van der Waals surface area contributed by atoms with Crippen LogP contribution in [0.15, 0.2) is 30.5 Å². The molecule has 0 saturated heterocycles. The molecule has 1 heterocycles. The van der Waals surface area contributed by atoms with E-state index in [0.29, 0.717) is 0 Å². The van der Waals surface area contributed by atoms with Crippen molar-refractivity contribution >= 4 is 20.9 Å². The highest BCUT2D eigenvalue weighted by Gasteiger charge is 2.19. The number of primary sulfonamides is 1. The van der Waals surface area contributed by atoms with E-state index in [1.54, 1.807) is 19.2 Å². The molecule has 15 heavy (non-hydrogen) atoms. The molecule has 0 saturated carbocycles. The number of nitrogens with one attached hydrogen (secondary N) is 1. The van der Waals surface area contributed by atoms with Gasteiger partial charge in [0, 0.05) is 17.1 Å². The van der Waals surface area contributed by atoms with Gasteiger partial charge in [-0.15, -0.1) is 0 Å². The lowest BCUT2D eigenvalue weighted by Crippen LogP contribution is -2.19. The van der Waals surface area contributed by atoms with Gasteiger partial charge in [-0.05, 0) is 24.6 Å². The first-order valence-corrected chi connectivity index (χ1v) is 6.18. The van der Waals surface area contributed by atoms with Crippen LogP contribution in [0, 0.1) is 0 Å². The SMILES string of the molecule is CC(c1cccc2[nH]ccc12)S(N)(=O)=O. The topological polar surface area (TPSA) is 76.0 Å². The van der Waals surface area contributed by atoms with Crippen LogP contribution in [0.3, 0.4) is 0 Å². The summed E-state index contributed by atoms with van der Waals surface area (Å²) in [5.74, 6) is 0. The maximum atomic E-state index is 11.3. The number of rotatable bonds is 2. The molecule has 0 amide bonds. The molecule has 1 aromatic heterocycles. The van der Waals surface area contributed by atoms with Crippen molar-refractivity contribution in [2.24, 2.45) is 5.14 Å². The molecule has 80 valence electrons. The second-order valence-corrected chi connectivity index (χ2v) is 5.40. The van der Waals surface area contributed by atoms with Gasteiger partial charge < -0.3 is 4.98 Å². The van der Waals surface area contributed by atoms with Crippen LogP contribution in [-0.2, 0) is 10.0 Å². The average molecular weight is 224 g/mol. The Balaban J connectivity index is 2.66. The lowest BCUT2D eigenvalue weighted by Gasteiger charge is -2.10. The fraction of sp³-hybridized carbons (Fsp3) is 0.200. The average Bonchev–Trinajstić information content (AvgIpc) is 2.62. The number of sulfonamides is 1. The molecule has 0 aliphatic heterocycles. The third-order valence-electron chi connectivity index (χ3n) is 2.56. The summed E-state index contributed by atoms with van der Waals surface area (Å²) in [5, 5.41) is 5.35. The molecule has 2 rings (SSSR count). The monoisotopic (exact) mass is 224 g/mol. The summed E-state index contributed by atoms with van der Waals surface area (Å²) in [4.78, 5) is 3.03. The summed E-state index contributed by atoms with van der Waals surface area (Å²) in [6.45, 7) is 1.59. The van der Waals surface area contributed by atoms with E-state index in [1.807, 2.05) is 18.2 Å². The quantitative estimate of drug-likeness (QED) is 0.811. The number of nitrogens with two attached hydrogens (primary N) is 1. The van der Waals surface area contributed by atoms with E-state index in [2.05, 4.69) is 4.98 Å². The molecule has 4 nitrogen and oxygen atoms in total. The van der Waals surface area contributed by atoms with Crippen molar-refractivity contribution in [2.75, 3.05) is 0 Å². The van der Waals surface area contributed by atoms with E-state index >= 15 is 0 Å². The maximum Gasteiger partial charge on any atom is 0.215 e. The number of fused-ring (bicyclic) bond motifs is 1. The van der Waals surface area contributed by atoms with Crippen LogP contribution in [-0.4, -0.2) is 13.4 Å². The van der Waals surface area contributed by atoms with Crippen molar-refractivity contribution in [3.63, 3.8) is 0 Å². The lowest BCUT2D eigenvalue weighted by atomic mass is 10.1. The molecule has 0 fully saturated rings. The highest BCUT2D eigenvalue weighted by atomic mass is 32.2. The molecule has 0 radical (unpaired) electrons. The van der Waals surface area contributed by atoms with E-state index in [-0.39, 0.29) is 0 Å². The van der Waals surface area contributed by atoms with E-state index in [1.165, 1.54) is 0 Å². The third kappa shape index (κ3) is 1.75. The van der Waals surface area contributed by atoms with Crippen LogP contribution < -0.4 is 5.14 Å². The Hall–Kier alpha value is -1.33. The first kappa shape index (κ1) is 10.2. The predicted octanol–water partition coefficient (Wildman–Crippen LogP) is 1.52. The third-order valence-corrected chi connectivity index (χ3v) is 3.80. The zero-order chi connectivity index (χ0) is 11.1. The van der Waals surface area contributed by atoms with Crippen molar-refractivity contribution < 1.29 is 8.42 Å². The van der Waals surface area contributed by atoms with Gasteiger partial charge in [-0.1, -0.05) is 12.1 Å². The minimum atomic E-state index is -3.54. The van der Waals surface area contributed by atoms with Crippen molar-refractivity contribution in [1.82, 2.24) is 4.98 Å². The summed E-state index contributed by atoms with van der Waals surface area (Å²) in [6.07, 6.45) is 1.78. The Morgan fingerprint density at radius 3 is 2.73 bits per heavy atom. The number of hydrogen-bond donors (Lipinski definition) is 2. The Kier molecular flexibility index (Phi) is 2.28. The highest BCUT2D eigenvalue weighted by molar-refractivity contribution is 7.89. The van der Waals surface area contributed by atoms with Gasteiger partial charge >= 0.3 is 0 Å². The van der Waals surface area contributed by atoms with E-state index in [9.17, 15) is 8.42 Å². The van der Waals surface area contributed by atoms with Gasteiger partial charge in [0.25, 0.3) is 0 Å². The molecule has 0 spiro atoms. The Morgan fingerprint density at radius 2 is 2.07 bits per heavy atom. The molecule has 1 unspecified atom stereocenters. The Labute approximate surface area is 88.2 Å². The van der Waals surface area contributed by atoms with Crippen LogP contribution in [0.2, 0.25) is 0 Å². The first-order chi connectivity index (χ1) is 7.00. The molecule has 1 aromatic carbocycles. The molecular weight excluding hydrogens is 212 g/mol. The second-order valence-electron chi connectivity index (χ2n) is 3.52. The summed E-state index contributed by atoms with van der Waals surface area (Å²) in [5.41, 5.74) is 1.65. The van der Waals surface area contributed by atoms with Crippen molar-refractivity contribution in [3.8, 4) is 0 Å². The Bertz CT molecular complexity index is 586. The van der Waals surface area contributed by atoms with Crippen LogP contribution >= 0.6 is 0 Å². The van der Waals surface area contributed by atoms with Crippen molar-refractivity contribution in [2.45, 2.75) is 12.2 Å². The zero-order valence-electron chi connectivity index (χ0n) is 8.27. The van der Waals surface area contributed by atoms with Gasteiger partial charge in [0.05, 0.1) is 5.25 Å². The number of benzene rings is 1. The molecule has 0 bridgehead atoms. The van der Waals surface area contributed by atoms with Crippen LogP contribution in [0.5, 0.6) is 0 Å². The van der Waals surface area contributed by atoms with Crippen LogP contribution in [0.4, 0.5) is 0 Å². The molecular formula is C10H12N2O2S. The summed E-state index contributed by atoms with van der Waals surface area (Å²) < 4.78 is 22.5. The molecule has 1 atom stereocenters. The van der Waals surface area contributed by atoms with E-state index in [0.717, 1.165) is 16.5 Å².